The van der Waals surface area contributed by atoms with Gasteiger partial charge in [-0.3, -0.25) is 9.59 Å². The van der Waals surface area contributed by atoms with Gasteiger partial charge in [0.25, 0.3) is 11.8 Å². The number of nitrogens with zero attached hydrogens (tertiary/aromatic N) is 1. The summed E-state index contributed by atoms with van der Waals surface area (Å²) in [7, 11) is 2.71. The summed E-state index contributed by atoms with van der Waals surface area (Å²) in [6.07, 6.45) is -1.03. The van der Waals surface area contributed by atoms with Crippen LogP contribution in [-0.2, 0) is 9.47 Å². The van der Waals surface area contributed by atoms with E-state index in [1.165, 1.54) is 32.4 Å². The lowest BCUT2D eigenvalue weighted by atomic mass is 10.1. The molecule has 1 aliphatic heterocycles. The van der Waals surface area contributed by atoms with E-state index in [4.69, 9.17) is 9.47 Å². The molecule has 118 valence electrons. The molecule has 2 aromatic rings. The Hall–Kier alpha value is -2.57. The molecule has 6 heteroatoms. The molecular formula is C17H14FNO4. The van der Waals surface area contributed by atoms with Crippen molar-refractivity contribution < 1.29 is 23.5 Å². The first kappa shape index (κ1) is 15.3. The Morgan fingerprint density at radius 3 is 2.00 bits per heavy atom. The van der Waals surface area contributed by atoms with Gasteiger partial charge in [-0.1, -0.05) is 18.2 Å². The van der Waals surface area contributed by atoms with Gasteiger partial charge in [0.05, 0.1) is 22.4 Å². The molecule has 23 heavy (non-hydrogen) atoms. The van der Waals surface area contributed by atoms with Crippen molar-refractivity contribution >= 4 is 17.5 Å². The van der Waals surface area contributed by atoms with E-state index in [0.29, 0.717) is 11.1 Å². The molecule has 0 saturated heterocycles. The highest BCUT2D eigenvalue weighted by atomic mass is 19.1. The number of hydrogen-bond acceptors (Lipinski definition) is 4. The zero-order chi connectivity index (χ0) is 16.6. The molecule has 0 N–H and O–H groups in total. The number of hydrogen-bond donors (Lipinski definition) is 0. The van der Waals surface area contributed by atoms with E-state index in [-0.39, 0.29) is 11.3 Å². The number of rotatable bonds is 4. The summed E-state index contributed by atoms with van der Waals surface area (Å²) in [5, 5.41) is 0. The summed E-state index contributed by atoms with van der Waals surface area (Å²) in [6, 6.07) is 10.6. The molecule has 0 aromatic heterocycles. The minimum Gasteiger partial charge on any atom is -0.351 e. The first-order valence-electron chi connectivity index (χ1n) is 6.92. The van der Waals surface area contributed by atoms with Crippen molar-refractivity contribution in [1.82, 2.24) is 0 Å². The van der Waals surface area contributed by atoms with Gasteiger partial charge in [-0.05, 0) is 24.3 Å². The smallest absolute Gasteiger partial charge is 0.266 e. The van der Waals surface area contributed by atoms with E-state index in [1.807, 2.05) is 0 Å². The van der Waals surface area contributed by atoms with Crippen LogP contribution in [-0.4, -0.2) is 26.0 Å². The van der Waals surface area contributed by atoms with Crippen molar-refractivity contribution in [2.45, 2.75) is 6.29 Å². The molecule has 0 atom stereocenters. The van der Waals surface area contributed by atoms with E-state index < -0.39 is 23.9 Å². The Balaban J connectivity index is 2.16. The topological polar surface area (TPSA) is 55.8 Å². The van der Waals surface area contributed by atoms with Gasteiger partial charge in [0.1, 0.15) is 5.82 Å². The fourth-order valence-corrected chi connectivity index (χ4v) is 2.69. The SMILES string of the molecule is COC(OC)c1c(F)cccc1N1C(=O)c2ccccc2C1=O. The van der Waals surface area contributed by atoms with Crippen LogP contribution in [0.1, 0.15) is 32.6 Å². The number of carbonyl (C=O) groups excluding carboxylic acids is 2. The molecule has 5 nitrogen and oxygen atoms in total. The fraction of sp³-hybridized carbons (Fsp3) is 0.176. The number of carbonyl (C=O) groups is 2. The Labute approximate surface area is 132 Å². The lowest BCUT2D eigenvalue weighted by molar-refractivity contribution is -0.107. The number of halogens is 1. The number of ether oxygens (including phenoxy) is 2. The number of benzene rings is 2. The molecule has 0 radical (unpaired) electrons. The third kappa shape index (κ3) is 2.32. The maximum absolute atomic E-state index is 14.3. The maximum Gasteiger partial charge on any atom is 0.266 e. The fourth-order valence-electron chi connectivity index (χ4n) is 2.69. The van der Waals surface area contributed by atoms with Crippen LogP contribution < -0.4 is 4.90 Å². The highest BCUT2D eigenvalue weighted by molar-refractivity contribution is 6.34. The zero-order valence-corrected chi connectivity index (χ0v) is 12.6. The predicted molar refractivity (Wildman–Crippen MR) is 80.7 cm³/mol. The molecule has 0 saturated carbocycles. The van der Waals surface area contributed by atoms with Crippen LogP contribution in [0.3, 0.4) is 0 Å². The summed E-state index contributed by atoms with van der Waals surface area (Å²) in [5.74, 6) is -1.61. The van der Waals surface area contributed by atoms with Gasteiger partial charge >= 0.3 is 0 Å². The largest absolute Gasteiger partial charge is 0.351 e. The Bertz CT molecular complexity index is 751. The Morgan fingerprint density at radius 2 is 1.48 bits per heavy atom. The molecule has 0 unspecified atom stereocenters. The zero-order valence-electron chi connectivity index (χ0n) is 12.6. The molecule has 1 heterocycles. The van der Waals surface area contributed by atoms with E-state index >= 15 is 0 Å². The average Bonchev–Trinajstić information content (AvgIpc) is 2.82. The number of fused-ring (bicyclic) bond motifs is 1. The molecule has 1 aliphatic rings. The quantitative estimate of drug-likeness (QED) is 0.643. The normalized spacial score (nSPS) is 13.8. The predicted octanol–water partition coefficient (Wildman–Crippen LogP) is 2.92. The molecule has 0 fully saturated rings. The van der Waals surface area contributed by atoms with Crippen molar-refractivity contribution in [3.63, 3.8) is 0 Å². The lowest BCUT2D eigenvalue weighted by Crippen LogP contribution is -2.31. The molecule has 2 amide bonds. The van der Waals surface area contributed by atoms with Crippen LogP contribution in [0.4, 0.5) is 10.1 Å². The van der Waals surface area contributed by atoms with Gasteiger partial charge in [0.2, 0.25) is 0 Å². The van der Waals surface area contributed by atoms with Crippen LogP contribution >= 0.6 is 0 Å². The second kappa shape index (κ2) is 5.91. The summed E-state index contributed by atoms with van der Waals surface area (Å²) in [4.78, 5) is 26.1. The monoisotopic (exact) mass is 315 g/mol. The Morgan fingerprint density at radius 1 is 0.913 bits per heavy atom. The van der Waals surface area contributed by atoms with Gasteiger partial charge < -0.3 is 9.47 Å². The second-order valence-corrected chi connectivity index (χ2v) is 4.97. The molecule has 0 bridgehead atoms. The van der Waals surface area contributed by atoms with E-state index in [1.54, 1.807) is 24.3 Å². The molecule has 0 spiro atoms. The van der Waals surface area contributed by atoms with Gasteiger partial charge in [0, 0.05) is 14.2 Å². The minimum atomic E-state index is -1.03. The summed E-state index contributed by atoms with van der Waals surface area (Å²) >= 11 is 0. The molecule has 3 rings (SSSR count). The third-order valence-electron chi connectivity index (χ3n) is 3.73. The van der Waals surface area contributed by atoms with Crippen molar-refractivity contribution in [1.29, 1.82) is 0 Å². The summed E-state index contributed by atoms with van der Waals surface area (Å²) < 4.78 is 24.5. The molecule has 0 aliphatic carbocycles. The van der Waals surface area contributed by atoms with Gasteiger partial charge in [-0.2, -0.15) is 0 Å². The van der Waals surface area contributed by atoms with Crippen molar-refractivity contribution in [2.24, 2.45) is 0 Å². The van der Waals surface area contributed by atoms with Crippen LogP contribution in [0.25, 0.3) is 0 Å². The highest BCUT2D eigenvalue weighted by Crippen LogP contribution is 2.36. The first-order chi connectivity index (χ1) is 11.1. The summed E-state index contributed by atoms with van der Waals surface area (Å²) in [5.41, 5.74) is 0.704. The van der Waals surface area contributed by atoms with Crippen molar-refractivity contribution in [2.75, 3.05) is 19.1 Å². The number of imide groups is 1. The van der Waals surface area contributed by atoms with Crippen LogP contribution in [0.5, 0.6) is 0 Å². The van der Waals surface area contributed by atoms with Gasteiger partial charge in [-0.15, -0.1) is 0 Å². The van der Waals surface area contributed by atoms with Crippen molar-refractivity contribution in [3.8, 4) is 0 Å². The third-order valence-corrected chi connectivity index (χ3v) is 3.73. The van der Waals surface area contributed by atoms with Gasteiger partial charge in [0.15, 0.2) is 6.29 Å². The number of methoxy groups -OCH3 is 2. The van der Waals surface area contributed by atoms with E-state index in [0.717, 1.165) is 4.90 Å². The standard InChI is InChI=1S/C17H14FNO4/c1-22-17(23-2)14-12(18)8-5-9-13(14)19-15(20)10-6-3-4-7-11(10)16(19)21/h3-9,17H,1-2H3. The number of amides is 2. The van der Waals surface area contributed by atoms with Crippen LogP contribution in [0.15, 0.2) is 42.5 Å². The first-order valence-corrected chi connectivity index (χ1v) is 6.92. The van der Waals surface area contributed by atoms with Crippen molar-refractivity contribution in [3.05, 3.63) is 65.0 Å². The average molecular weight is 315 g/mol. The molecular weight excluding hydrogens is 301 g/mol. The van der Waals surface area contributed by atoms with Crippen LogP contribution in [0, 0.1) is 5.82 Å². The minimum absolute atomic E-state index is 0.00649. The molecule has 2 aromatic carbocycles. The Kier molecular flexibility index (Phi) is 3.94. The second-order valence-electron chi connectivity index (χ2n) is 4.97. The maximum atomic E-state index is 14.3. The van der Waals surface area contributed by atoms with E-state index in [2.05, 4.69) is 0 Å². The number of anilines is 1. The lowest BCUT2D eigenvalue weighted by Gasteiger charge is -2.22. The van der Waals surface area contributed by atoms with E-state index in [9.17, 15) is 14.0 Å². The van der Waals surface area contributed by atoms with Gasteiger partial charge in [-0.25, -0.2) is 9.29 Å². The van der Waals surface area contributed by atoms with Crippen LogP contribution in [0.2, 0.25) is 0 Å². The highest BCUT2D eigenvalue weighted by Gasteiger charge is 2.38. The summed E-state index contributed by atoms with van der Waals surface area (Å²) in [6.45, 7) is 0.